The van der Waals surface area contributed by atoms with Gasteiger partial charge in [-0.1, -0.05) is 0 Å². The minimum atomic E-state index is -0.426. The number of likely N-dealkylation sites (tertiary alicyclic amines) is 1. The Hall–Kier alpha value is -0.650. The van der Waals surface area contributed by atoms with Crippen LogP contribution in [0.1, 0.15) is 25.7 Å². The summed E-state index contributed by atoms with van der Waals surface area (Å²) in [6, 6.07) is -0.426. The van der Waals surface area contributed by atoms with Crippen LogP contribution in [0.5, 0.6) is 0 Å². The van der Waals surface area contributed by atoms with Crippen molar-refractivity contribution in [3.63, 3.8) is 0 Å². The highest BCUT2D eigenvalue weighted by Crippen LogP contribution is 2.11. The molecule has 0 radical (unpaired) electrons. The lowest BCUT2D eigenvalue weighted by molar-refractivity contribution is -0.134. The van der Waals surface area contributed by atoms with Gasteiger partial charge in [0, 0.05) is 26.8 Å². The summed E-state index contributed by atoms with van der Waals surface area (Å²) in [5, 5.41) is 9.33. The molecule has 5 heteroatoms. The van der Waals surface area contributed by atoms with Crippen molar-refractivity contribution < 1.29 is 14.6 Å². The molecule has 0 aromatic carbocycles. The minimum Gasteiger partial charge on any atom is -0.393 e. The molecular formula is C11H22N2O3. The van der Waals surface area contributed by atoms with E-state index in [0.29, 0.717) is 39.0 Å². The standard InChI is InChI=1S/C11H22N2O3/c1-16-8-2-3-10(12)11(15)13-6-4-9(14)5-7-13/h9-10,14H,2-8,12H2,1H3. The second-order valence-corrected chi connectivity index (χ2v) is 4.30. The number of piperidine rings is 1. The first-order valence-corrected chi connectivity index (χ1v) is 5.86. The lowest BCUT2D eigenvalue weighted by Gasteiger charge is -2.31. The van der Waals surface area contributed by atoms with Gasteiger partial charge in [-0.15, -0.1) is 0 Å². The Morgan fingerprint density at radius 2 is 2.19 bits per heavy atom. The second kappa shape index (κ2) is 6.83. The fourth-order valence-electron chi connectivity index (χ4n) is 1.89. The Morgan fingerprint density at radius 1 is 1.56 bits per heavy atom. The van der Waals surface area contributed by atoms with Gasteiger partial charge in [0.05, 0.1) is 12.1 Å². The fourth-order valence-corrected chi connectivity index (χ4v) is 1.89. The smallest absolute Gasteiger partial charge is 0.239 e. The molecule has 1 atom stereocenters. The molecule has 1 unspecified atom stereocenters. The summed E-state index contributed by atoms with van der Waals surface area (Å²) < 4.78 is 4.92. The number of methoxy groups -OCH3 is 1. The van der Waals surface area contributed by atoms with E-state index in [1.807, 2.05) is 0 Å². The van der Waals surface area contributed by atoms with Crippen LogP contribution in [0.3, 0.4) is 0 Å². The van der Waals surface area contributed by atoms with E-state index in [-0.39, 0.29) is 12.0 Å². The van der Waals surface area contributed by atoms with E-state index in [4.69, 9.17) is 10.5 Å². The van der Waals surface area contributed by atoms with Crippen LogP contribution < -0.4 is 5.73 Å². The van der Waals surface area contributed by atoms with Gasteiger partial charge >= 0.3 is 0 Å². The summed E-state index contributed by atoms with van der Waals surface area (Å²) >= 11 is 0. The van der Waals surface area contributed by atoms with Crippen LogP contribution in [-0.4, -0.2) is 54.9 Å². The largest absolute Gasteiger partial charge is 0.393 e. The number of rotatable bonds is 5. The van der Waals surface area contributed by atoms with Crippen LogP contribution >= 0.6 is 0 Å². The number of amides is 1. The van der Waals surface area contributed by atoms with Crippen LogP contribution in [0.25, 0.3) is 0 Å². The summed E-state index contributed by atoms with van der Waals surface area (Å²) in [6.07, 6.45) is 2.53. The molecule has 1 rings (SSSR count). The molecule has 1 amide bonds. The Bertz CT molecular complexity index is 215. The predicted octanol–water partition coefficient (Wildman–Crippen LogP) is -0.276. The van der Waals surface area contributed by atoms with Crippen molar-refractivity contribution in [2.24, 2.45) is 5.73 Å². The van der Waals surface area contributed by atoms with Crippen molar-refractivity contribution in [3.05, 3.63) is 0 Å². The molecule has 1 aliphatic heterocycles. The van der Waals surface area contributed by atoms with Gasteiger partial charge in [0.25, 0.3) is 0 Å². The van der Waals surface area contributed by atoms with Crippen molar-refractivity contribution in [1.82, 2.24) is 4.90 Å². The van der Waals surface area contributed by atoms with E-state index in [1.54, 1.807) is 12.0 Å². The number of carbonyl (C=O) groups is 1. The van der Waals surface area contributed by atoms with Crippen LogP contribution in [-0.2, 0) is 9.53 Å². The van der Waals surface area contributed by atoms with Crippen molar-refractivity contribution in [2.75, 3.05) is 26.8 Å². The Morgan fingerprint density at radius 3 is 2.75 bits per heavy atom. The second-order valence-electron chi connectivity index (χ2n) is 4.30. The predicted molar refractivity (Wildman–Crippen MR) is 60.9 cm³/mol. The summed E-state index contributed by atoms with van der Waals surface area (Å²) in [4.78, 5) is 13.6. The lowest BCUT2D eigenvalue weighted by Crippen LogP contribution is -2.48. The third kappa shape index (κ3) is 4.08. The molecule has 0 saturated carbocycles. The van der Waals surface area contributed by atoms with E-state index in [1.165, 1.54) is 0 Å². The number of hydrogen-bond acceptors (Lipinski definition) is 4. The molecule has 3 N–H and O–H groups in total. The fraction of sp³-hybridized carbons (Fsp3) is 0.909. The van der Waals surface area contributed by atoms with Gasteiger partial charge in [-0.05, 0) is 25.7 Å². The zero-order chi connectivity index (χ0) is 12.0. The molecule has 1 aliphatic rings. The van der Waals surface area contributed by atoms with Crippen molar-refractivity contribution in [2.45, 2.75) is 37.8 Å². The van der Waals surface area contributed by atoms with Crippen molar-refractivity contribution in [3.8, 4) is 0 Å². The average molecular weight is 230 g/mol. The molecule has 0 aromatic rings. The number of ether oxygens (including phenoxy) is 1. The van der Waals surface area contributed by atoms with Crippen LogP contribution in [0.15, 0.2) is 0 Å². The number of nitrogens with zero attached hydrogens (tertiary/aromatic N) is 1. The molecule has 1 fully saturated rings. The molecule has 94 valence electrons. The molecule has 0 aromatic heterocycles. The van der Waals surface area contributed by atoms with Crippen LogP contribution in [0, 0.1) is 0 Å². The average Bonchev–Trinajstić information content (AvgIpc) is 2.29. The third-order valence-corrected chi connectivity index (χ3v) is 2.96. The summed E-state index contributed by atoms with van der Waals surface area (Å²) in [5.74, 6) is 0.00278. The highest BCUT2D eigenvalue weighted by molar-refractivity contribution is 5.81. The zero-order valence-electron chi connectivity index (χ0n) is 9.89. The van der Waals surface area contributed by atoms with E-state index < -0.39 is 6.04 Å². The monoisotopic (exact) mass is 230 g/mol. The number of carbonyl (C=O) groups excluding carboxylic acids is 1. The molecule has 0 aliphatic carbocycles. The maximum atomic E-state index is 11.9. The molecule has 1 heterocycles. The first-order chi connectivity index (χ1) is 7.65. The third-order valence-electron chi connectivity index (χ3n) is 2.96. The van der Waals surface area contributed by atoms with Gasteiger partial charge in [-0.25, -0.2) is 0 Å². The van der Waals surface area contributed by atoms with Crippen molar-refractivity contribution in [1.29, 1.82) is 0 Å². The maximum absolute atomic E-state index is 11.9. The Balaban J connectivity index is 2.27. The molecule has 0 spiro atoms. The van der Waals surface area contributed by atoms with E-state index in [0.717, 1.165) is 6.42 Å². The number of hydrogen-bond donors (Lipinski definition) is 2. The first kappa shape index (κ1) is 13.4. The van der Waals surface area contributed by atoms with Crippen LogP contribution in [0.2, 0.25) is 0 Å². The highest BCUT2D eigenvalue weighted by Gasteiger charge is 2.24. The Kier molecular flexibility index (Phi) is 5.73. The molecule has 0 bridgehead atoms. The normalized spacial score (nSPS) is 19.8. The van der Waals surface area contributed by atoms with Gasteiger partial charge in [0.1, 0.15) is 0 Å². The van der Waals surface area contributed by atoms with Crippen LogP contribution in [0.4, 0.5) is 0 Å². The zero-order valence-corrected chi connectivity index (χ0v) is 9.89. The molecular weight excluding hydrogens is 208 g/mol. The van der Waals surface area contributed by atoms with Crippen molar-refractivity contribution >= 4 is 5.91 Å². The van der Waals surface area contributed by atoms with Gasteiger partial charge < -0.3 is 20.5 Å². The first-order valence-electron chi connectivity index (χ1n) is 5.86. The topological polar surface area (TPSA) is 75.8 Å². The van der Waals surface area contributed by atoms with E-state index in [9.17, 15) is 9.90 Å². The van der Waals surface area contributed by atoms with Gasteiger partial charge in [0.2, 0.25) is 5.91 Å². The lowest BCUT2D eigenvalue weighted by atomic mass is 10.1. The van der Waals surface area contributed by atoms with E-state index in [2.05, 4.69) is 0 Å². The highest BCUT2D eigenvalue weighted by atomic mass is 16.5. The van der Waals surface area contributed by atoms with Gasteiger partial charge in [-0.2, -0.15) is 0 Å². The Labute approximate surface area is 96.6 Å². The van der Waals surface area contributed by atoms with E-state index >= 15 is 0 Å². The number of aliphatic hydroxyl groups excluding tert-OH is 1. The maximum Gasteiger partial charge on any atom is 0.239 e. The molecule has 1 saturated heterocycles. The molecule has 16 heavy (non-hydrogen) atoms. The number of aliphatic hydroxyl groups is 1. The summed E-state index contributed by atoms with van der Waals surface area (Å²) in [5.41, 5.74) is 5.81. The van der Waals surface area contributed by atoms with Gasteiger partial charge in [-0.3, -0.25) is 4.79 Å². The summed E-state index contributed by atoms with van der Waals surface area (Å²) in [6.45, 7) is 1.88. The molecule has 5 nitrogen and oxygen atoms in total. The van der Waals surface area contributed by atoms with Gasteiger partial charge in [0.15, 0.2) is 0 Å². The minimum absolute atomic E-state index is 0.00278. The SMILES string of the molecule is COCCCC(N)C(=O)N1CCC(O)CC1. The summed E-state index contributed by atoms with van der Waals surface area (Å²) in [7, 11) is 1.64. The number of nitrogens with two attached hydrogens (primary N) is 1. The quantitative estimate of drug-likeness (QED) is 0.637.